The SMILES string of the molecule is CCCCCCCC(OCc1cccc(O)c1COC(CCCCCCC)c1ccccc1)c1ccccc1. The van der Waals surface area contributed by atoms with E-state index in [-0.39, 0.29) is 18.0 Å². The molecule has 3 heteroatoms. The van der Waals surface area contributed by atoms with Crippen molar-refractivity contribution in [3.63, 3.8) is 0 Å². The standard InChI is InChI=1S/C36H50O3/c1-3-5-7-9-17-26-35(30-20-13-11-14-21-30)38-28-32-24-19-25-34(37)33(32)29-39-36(27-18-10-8-6-4-2)31-22-15-12-16-23-31/h11-16,19-25,35-37H,3-10,17-18,26-29H2,1-2H3. The Kier molecular flexibility index (Phi) is 14.8. The molecule has 3 rings (SSSR count). The molecule has 0 amide bonds. The zero-order valence-electron chi connectivity index (χ0n) is 24.3. The van der Waals surface area contributed by atoms with Gasteiger partial charge in [0.05, 0.1) is 25.4 Å². The van der Waals surface area contributed by atoms with E-state index in [9.17, 15) is 5.11 Å². The molecule has 39 heavy (non-hydrogen) atoms. The number of benzene rings is 3. The first-order valence-corrected chi connectivity index (χ1v) is 15.4. The lowest BCUT2D eigenvalue weighted by Gasteiger charge is -2.22. The van der Waals surface area contributed by atoms with Crippen LogP contribution in [0.1, 0.15) is 125 Å². The summed E-state index contributed by atoms with van der Waals surface area (Å²) >= 11 is 0. The fourth-order valence-corrected chi connectivity index (χ4v) is 5.19. The number of unbranched alkanes of at least 4 members (excludes halogenated alkanes) is 8. The third kappa shape index (κ3) is 11.2. The second-order valence-corrected chi connectivity index (χ2v) is 10.7. The molecule has 0 bridgehead atoms. The Balaban J connectivity index is 1.66. The lowest BCUT2D eigenvalue weighted by atomic mass is 10.0. The maximum Gasteiger partial charge on any atom is 0.121 e. The topological polar surface area (TPSA) is 38.7 Å². The molecule has 212 valence electrons. The molecule has 0 aromatic heterocycles. The van der Waals surface area contributed by atoms with Crippen LogP contribution in [0.15, 0.2) is 78.9 Å². The minimum atomic E-state index is 0.0152. The van der Waals surface area contributed by atoms with Crippen LogP contribution < -0.4 is 0 Å². The van der Waals surface area contributed by atoms with Gasteiger partial charge in [-0.1, -0.05) is 151 Å². The number of phenolic OH excluding ortho intramolecular Hbond substituents is 1. The van der Waals surface area contributed by atoms with Crippen LogP contribution in [0.4, 0.5) is 0 Å². The fraction of sp³-hybridized carbons (Fsp3) is 0.500. The zero-order valence-corrected chi connectivity index (χ0v) is 24.3. The van der Waals surface area contributed by atoms with Gasteiger partial charge in [0.25, 0.3) is 0 Å². The average molecular weight is 531 g/mol. The van der Waals surface area contributed by atoms with E-state index in [1.165, 1.54) is 62.5 Å². The van der Waals surface area contributed by atoms with Gasteiger partial charge in [-0.15, -0.1) is 0 Å². The Morgan fingerprint density at radius 3 is 1.54 bits per heavy atom. The van der Waals surface area contributed by atoms with Crippen molar-refractivity contribution in [2.24, 2.45) is 0 Å². The number of aromatic hydroxyl groups is 1. The summed E-state index contributed by atoms with van der Waals surface area (Å²) in [5.41, 5.74) is 4.25. The monoisotopic (exact) mass is 530 g/mol. The van der Waals surface area contributed by atoms with Crippen LogP contribution >= 0.6 is 0 Å². The van der Waals surface area contributed by atoms with Crippen LogP contribution in [0, 0.1) is 0 Å². The van der Waals surface area contributed by atoms with Crippen molar-refractivity contribution in [2.45, 2.75) is 116 Å². The summed E-state index contributed by atoms with van der Waals surface area (Å²) in [5.74, 6) is 0.279. The van der Waals surface area contributed by atoms with E-state index in [1.807, 2.05) is 12.1 Å². The van der Waals surface area contributed by atoms with Crippen molar-refractivity contribution < 1.29 is 14.6 Å². The normalized spacial score (nSPS) is 12.9. The second-order valence-electron chi connectivity index (χ2n) is 10.7. The third-order valence-electron chi connectivity index (χ3n) is 7.60. The molecule has 1 N–H and O–H groups in total. The van der Waals surface area contributed by atoms with Gasteiger partial charge in [-0.2, -0.15) is 0 Å². The molecule has 2 atom stereocenters. The van der Waals surface area contributed by atoms with Crippen LogP contribution in [0.25, 0.3) is 0 Å². The van der Waals surface area contributed by atoms with Gasteiger partial charge in [0, 0.05) is 5.56 Å². The summed E-state index contributed by atoms with van der Waals surface area (Å²) in [6.07, 6.45) is 14.5. The smallest absolute Gasteiger partial charge is 0.121 e. The molecule has 0 spiro atoms. The maximum atomic E-state index is 10.8. The van der Waals surface area contributed by atoms with Gasteiger partial charge >= 0.3 is 0 Å². The van der Waals surface area contributed by atoms with Gasteiger partial charge in [-0.3, -0.25) is 0 Å². The highest BCUT2D eigenvalue weighted by atomic mass is 16.5. The van der Waals surface area contributed by atoms with Gasteiger partial charge in [0.15, 0.2) is 0 Å². The van der Waals surface area contributed by atoms with E-state index in [4.69, 9.17) is 9.47 Å². The molecule has 2 unspecified atom stereocenters. The first-order valence-electron chi connectivity index (χ1n) is 15.4. The number of hydrogen-bond donors (Lipinski definition) is 1. The molecule has 0 radical (unpaired) electrons. The minimum Gasteiger partial charge on any atom is -0.508 e. The molecule has 0 saturated heterocycles. The maximum absolute atomic E-state index is 10.8. The predicted molar refractivity (Wildman–Crippen MR) is 163 cm³/mol. The molecule has 3 nitrogen and oxygen atoms in total. The Bertz CT molecular complexity index is 1020. The molecule has 0 fully saturated rings. The summed E-state index contributed by atoms with van der Waals surface area (Å²) in [6.45, 7) is 5.32. The highest BCUT2D eigenvalue weighted by Gasteiger charge is 2.17. The summed E-state index contributed by atoms with van der Waals surface area (Å²) in [6, 6.07) is 26.8. The van der Waals surface area contributed by atoms with Crippen LogP contribution in [0.2, 0.25) is 0 Å². The van der Waals surface area contributed by atoms with Crippen LogP contribution in [-0.2, 0) is 22.7 Å². The number of ether oxygens (including phenoxy) is 2. The summed E-state index contributed by atoms with van der Waals surface area (Å²) < 4.78 is 13.1. The van der Waals surface area contributed by atoms with Crippen molar-refractivity contribution >= 4 is 0 Å². The van der Waals surface area contributed by atoms with E-state index in [1.54, 1.807) is 6.07 Å². The Labute approximate surface area is 237 Å². The van der Waals surface area contributed by atoms with Crippen LogP contribution in [-0.4, -0.2) is 5.11 Å². The predicted octanol–water partition coefficient (Wildman–Crippen LogP) is 10.6. The highest BCUT2D eigenvalue weighted by molar-refractivity contribution is 5.38. The van der Waals surface area contributed by atoms with Crippen molar-refractivity contribution in [3.05, 3.63) is 101 Å². The van der Waals surface area contributed by atoms with Crippen molar-refractivity contribution in [1.29, 1.82) is 0 Å². The quantitative estimate of drug-likeness (QED) is 0.148. The van der Waals surface area contributed by atoms with E-state index in [0.717, 1.165) is 36.8 Å². The second kappa shape index (κ2) is 18.6. The summed E-state index contributed by atoms with van der Waals surface area (Å²) in [4.78, 5) is 0. The number of phenols is 1. The largest absolute Gasteiger partial charge is 0.508 e. The van der Waals surface area contributed by atoms with Gasteiger partial charge < -0.3 is 14.6 Å². The molecular formula is C36H50O3. The molecule has 0 aliphatic heterocycles. The fourth-order valence-electron chi connectivity index (χ4n) is 5.19. The minimum absolute atomic E-state index is 0.0152. The first kappa shape index (κ1) is 30.9. The zero-order chi connectivity index (χ0) is 27.5. The molecule has 3 aromatic rings. The van der Waals surface area contributed by atoms with E-state index in [2.05, 4.69) is 74.5 Å². The summed E-state index contributed by atoms with van der Waals surface area (Å²) in [5, 5.41) is 10.8. The molecule has 0 heterocycles. The first-order chi connectivity index (χ1) is 19.2. The Morgan fingerprint density at radius 1 is 0.538 bits per heavy atom. The van der Waals surface area contributed by atoms with Crippen molar-refractivity contribution in [3.8, 4) is 5.75 Å². The van der Waals surface area contributed by atoms with Crippen LogP contribution in [0.5, 0.6) is 5.75 Å². The van der Waals surface area contributed by atoms with Gasteiger partial charge in [-0.05, 0) is 35.6 Å². The van der Waals surface area contributed by atoms with E-state index < -0.39 is 0 Å². The molecule has 0 aliphatic carbocycles. The molecular weight excluding hydrogens is 480 g/mol. The Morgan fingerprint density at radius 2 is 1.03 bits per heavy atom. The lowest BCUT2D eigenvalue weighted by molar-refractivity contribution is 0.0208. The average Bonchev–Trinajstić information content (AvgIpc) is 2.97. The van der Waals surface area contributed by atoms with Gasteiger partial charge in [-0.25, -0.2) is 0 Å². The molecule has 0 aliphatic rings. The molecule has 3 aromatic carbocycles. The lowest BCUT2D eigenvalue weighted by Crippen LogP contribution is -2.09. The van der Waals surface area contributed by atoms with Crippen molar-refractivity contribution in [1.82, 2.24) is 0 Å². The summed E-state index contributed by atoms with van der Waals surface area (Å²) in [7, 11) is 0. The van der Waals surface area contributed by atoms with E-state index >= 15 is 0 Å². The van der Waals surface area contributed by atoms with Crippen molar-refractivity contribution in [2.75, 3.05) is 0 Å². The van der Waals surface area contributed by atoms with Crippen LogP contribution in [0.3, 0.4) is 0 Å². The number of rotatable bonds is 20. The highest BCUT2D eigenvalue weighted by Crippen LogP contribution is 2.31. The molecule has 0 saturated carbocycles. The Hall–Kier alpha value is -2.62. The van der Waals surface area contributed by atoms with Gasteiger partial charge in [0.2, 0.25) is 0 Å². The van der Waals surface area contributed by atoms with Gasteiger partial charge in [0.1, 0.15) is 5.75 Å². The van der Waals surface area contributed by atoms with E-state index in [0.29, 0.717) is 13.2 Å². The number of hydrogen-bond acceptors (Lipinski definition) is 3. The third-order valence-corrected chi connectivity index (χ3v) is 7.60.